The second kappa shape index (κ2) is 9.65. The van der Waals surface area contributed by atoms with Crippen LogP contribution in [0.2, 0.25) is 0 Å². The molecule has 8 nitrogen and oxygen atoms in total. The van der Waals surface area contributed by atoms with Gasteiger partial charge in [-0.05, 0) is 74.5 Å². The molecule has 0 spiro atoms. The zero-order valence-electron chi connectivity index (χ0n) is 17.8. The predicted octanol–water partition coefficient (Wildman–Crippen LogP) is 5.41. The topological polar surface area (TPSA) is 90.3 Å². The zero-order valence-corrected chi connectivity index (χ0v) is 17.8. The number of hydrogen-bond donors (Lipinski definition) is 2. The van der Waals surface area contributed by atoms with Gasteiger partial charge in [0, 0.05) is 29.8 Å². The molecule has 0 aliphatic carbocycles. The Morgan fingerprint density at radius 3 is 2.09 bits per heavy atom. The minimum atomic E-state index is -0.342. The Balaban J connectivity index is 1.36. The molecule has 2 aromatic heterocycles. The van der Waals surface area contributed by atoms with Crippen molar-refractivity contribution in [2.45, 2.75) is 13.8 Å². The number of rotatable bonds is 7. The molecular weight excluding hydrogens is 406 g/mol. The lowest BCUT2D eigenvalue weighted by Gasteiger charge is -2.10. The lowest BCUT2D eigenvalue weighted by Crippen LogP contribution is -2.19. The summed E-state index contributed by atoms with van der Waals surface area (Å²) in [6.45, 7) is 4.33. The van der Waals surface area contributed by atoms with Gasteiger partial charge in [0.05, 0.1) is 6.61 Å². The van der Waals surface area contributed by atoms with E-state index in [0.717, 1.165) is 11.6 Å². The van der Waals surface area contributed by atoms with Crippen LogP contribution in [0.4, 0.5) is 16.2 Å². The van der Waals surface area contributed by atoms with E-state index in [4.69, 9.17) is 9.47 Å². The van der Waals surface area contributed by atoms with Gasteiger partial charge in [-0.3, -0.25) is 0 Å². The Morgan fingerprint density at radius 2 is 1.50 bits per heavy atom. The third-order valence-electron chi connectivity index (χ3n) is 4.43. The van der Waals surface area contributed by atoms with Crippen molar-refractivity contribution in [3.63, 3.8) is 0 Å². The first-order chi connectivity index (χ1) is 15.6. The lowest BCUT2D eigenvalue weighted by atomic mass is 10.3. The zero-order chi connectivity index (χ0) is 22.3. The molecule has 0 fully saturated rings. The van der Waals surface area contributed by atoms with Gasteiger partial charge in [0.2, 0.25) is 5.88 Å². The van der Waals surface area contributed by atoms with E-state index < -0.39 is 0 Å². The second-order valence-corrected chi connectivity index (χ2v) is 6.86. The summed E-state index contributed by atoms with van der Waals surface area (Å²) in [6, 6.07) is 19.5. The highest BCUT2D eigenvalue weighted by Gasteiger charge is 2.07. The highest BCUT2D eigenvalue weighted by Crippen LogP contribution is 2.23. The third-order valence-corrected chi connectivity index (χ3v) is 4.43. The number of anilines is 2. The van der Waals surface area contributed by atoms with Crippen LogP contribution in [0.1, 0.15) is 12.7 Å². The highest BCUT2D eigenvalue weighted by molar-refractivity contribution is 5.99. The molecule has 8 heteroatoms. The molecular formula is C24H23N5O3. The number of carbonyl (C=O) groups excluding carboxylic acids is 1. The fourth-order valence-electron chi connectivity index (χ4n) is 3.02. The van der Waals surface area contributed by atoms with Gasteiger partial charge in [-0.25, -0.2) is 9.78 Å². The number of urea groups is 1. The average Bonchev–Trinajstić information content (AvgIpc) is 3.31. The monoisotopic (exact) mass is 429 g/mol. The Labute approximate surface area is 185 Å². The molecule has 2 aromatic carbocycles. The summed E-state index contributed by atoms with van der Waals surface area (Å²) in [6.07, 6.45) is 3.81. The van der Waals surface area contributed by atoms with Crippen molar-refractivity contribution in [2.24, 2.45) is 0 Å². The number of nitrogens with one attached hydrogen (secondary N) is 2. The summed E-state index contributed by atoms with van der Waals surface area (Å²) < 4.78 is 13.2. The van der Waals surface area contributed by atoms with Crippen LogP contribution in [0.3, 0.4) is 0 Å². The van der Waals surface area contributed by atoms with Crippen molar-refractivity contribution < 1.29 is 14.3 Å². The molecule has 4 aromatic rings. The van der Waals surface area contributed by atoms with Crippen molar-refractivity contribution in [2.75, 3.05) is 17.2 Å². The second-order valence-electron chi connectivity index (χ2n) is 6.86. The number of benzene rings is 2. The first kappa shape index (κ1) is 20.9. The van der Waals surface area contributed by atoms with Crippen LogP contribution in [-0.2, 0) is 0 Å². The minimum absolute atomic E-state index is 0.342. The van der Waals surface area contributed by atoms with Crippen molar-refractivity contribution >= 4 is 17.4 Å². The van der Waals surface area contributed by atoms with Crippen LogP contribution in [-0.4, -0.2) is 27.2 Å². The molecule has 0 saturated carbocycles. The Bertz CT molecular complexity index is 1170. The molecule has 0 atom stereocenters. The van der Waals surface area contributed by atoms with Crippen molar-refractivity contribution in [1.29, 1.82) is 0 Å². The summed E-state index contributed by atoms with van der Waals surface area (Å²) in [5.74, 6) is 3.12. The van der Waals surface area contributed by atoms with Gasteiger partial charge in [-0.2, -0.15) is 4.98 Å². The molecule has 32 heavy (non-hydrogen) atoms. The van der Waals surface area contributed by atoms with Gasteiger partial charge in [0.25, 0.3) is 0 Å². The molecule has 2 N–H and O–H groups in total. The van der Waals surface area contributed by atoms with Crippen LogP contribution < -0.4 is 20.1 Å². The smallest absolute Gasteiger partial charge is 0.323 e. The van der Waals surface area contributed by atoms with Crippen LogP contribution in [0, 0.1) is 6.92 Å². The Hall–Kier alpha value is -4.33. The quantitative estimate of drug-likeness (QED) is 0.410. The molecule has 4 rings (SSSR count). The SMILES string of the molecule is CCOc1ccc(NC(=O)Nc2ccc(Oc3cc(-n4cccc4)nc(C)n3)cc2)cc1. The maximum atomic E-state index is 12.3. The maximum Gasteiger partial charge on any atom is 0.323 e. The molecule has 2 heterocycles. The van der Waals surface area contributed by atoms with Crippen molar-refractivity contribution in [3.8, 4) is 23.2 Å². The third kappa shape index (κ3) is 5.42. The van der Waals surface area contributed by atoms with Gasteiger partial charge in [0.15, 0.2) is 0 Å². The largest absolute Gasteiger partial charge is 0.494 e. The van der Waals surface area contributed by atoms with Gasteiger partial charge in [0.1, 0.15) is 23.1 Å². The number of ether oxygens (including phenoxy) is 2. The number of carbonyl (C=O) groups is 1. The summed E-state index contributed by atoms with van der Waals surface area (Å²) in [4.78, 5) is 21.0. The van der Waals surface area contributed by atoms with Gasteiger partial charge >= 0.3 is 6.03 Å². The molecule has 0 unspecified atom stereocenters. The van der Waals surface area contributed by atoms with E-state index in [1.165, 1.54) is 0 Å². The van der Waals surface area contributed by atoms with E-state index in [1.807, 2.05) is 55.1 Å². The van der Waals surface area contributed by atoms with Crippen molar-refractivity contribution in [3.05, 3.63) is 84.9 Å². The van der Waals surface area contributed by atoms with Gasteiger partial charge in [-0.1, -0.05) is 0 Å². The van der Waals surface area contributed by atoms with E-state index in [2.05, 4.69) is 20.6 Å². The molecule has 0 aliphatic heterocycles. The first-order valence-corrected chi connectivity index (χ1v) is 10.2. The molecule has 2 amide bonds. The van der Waals surface area contributed by atoms with E-state index in [0.29, 0.717) is 35.4 Å². The predicted molar refractivity (Wildman–Crippen MR) is 123 cm³/mol. The summed E-state index contributed by atoms with van der Waals surface area (Å²) in [5.41, 5.74) is 1.30. The lowest BCUT2D eigenvalue weighted by molar-refractivity contribution is 0.262. The average molecular weight is 429 g/mol. The molecule has 0 bridgehead atoms. The number of nitrogens with zero attached hydrogens (tertiary/aromatic N) is 3. The van der Waals surface area contributed by atoms with E-state index in [1.54, 1.807) is 42.5 Å². The number of aromatic nitrogens is 3. The van der Waals surface area contributed by atoms with Crippen LogP contribution >= 0.6 is 0 Å². The van der Waals surface area contributed by atoms with Crippen LogP contribution in [0.25, 0.3) is 5.82 Å². The Kier molecular flexibility index (Phi) is 6.31. The molecule has 0 radical (unpaired) electrons. The van der Waals surface area contributed by atoms with Crippen molar-refractivity contribution in [1.82, 2.24) is 14.5 Å². The molecule has 0 aliphatic rings. The molecule has 0 saturated heterocycles. The van der Waals surface area contributed by atoms with E-state index in [-0.39, 0.29) is 6.03 Å². The first-order valence-electron chi connectivity index (χ1n) is 10.2. The normalized spacial score (nSPS) is 10.4. The summed E-state index contributed by atoms with van der Waals surface area (Å²) in [5, 5.41) is 5.58. The minimum Gasteiger partial charge on any atom is -0.494 e. The fourth-order valence-corrected chi connectivity index (χ4v) is 3.02. The maximum absolute atomic E-state index is 12.3. The van der Waals surface area contributed by atoms with Gasteiger partial charge in [-0.15, -0.1) is 0 Å². The number of hydrogen-bond acceptors (Lipinski definition) is 5. The van der Waals surface area contributed by atoms with Gasteiger partial charge < -0.3 is 24.7 Å². The van der Waals surface area contributed by atoms with E-state index in [9.17, 15) is 4.79 Å². The van der Waals surface area contributed by atoms with Crippen LogP contribution in [0.5, 0.6) is 17.4 Å². The van der Waals surface area contributed by atoms with E-state index >= 15 is 0 Å². The van der Waals surface area contributed by atoms with Crippen LogP contribution in [0.15, 0.2) is 79.1 Å². The molecule has 162 valence electrons. The fraction of sp³-hybridized carbons (Fsp3) is 0.125. The summed E-state index contributed by atoms with van der Waals surface area (Å²) >= 11 is 0. The summed E-state index contributed by atoms with van der Waals surface area (Å²) in [7, 11) is 0. The highest BCUT2D eigenvalue weighted by atomic mass is 16.5. The standard InChI is InChI=1S/C24H23N5O3/c1-3-31-20-10-6-18(7-11-20)27-24(30)28-19-8-12-21(13-9-19)32-23-16-22(25-17(2)26-23)29-14-4-5-15-29/h4-16H,3H2,1-2H3,(H2,27,28,30). The number of aryl methyl sites for hydroxylation is 1. The Morgan fingerprint density at radius 1 is 0.906 bits per heavy atom. The number of amides is 2.